The molecule has 3 N–H and O–H groups in total. The van der Waals surface area contributed by atoms with E-state index in [0.717, 1.165) is 11.1 Å². The number of carboxylic acid groups (broad SMARTS) is 1. The van der Waals surface area contributed by atoms with Crippen LogP contribution >= 0.6 is 0 Å². The number of nitrogens with two attached hydrogens (primary N) is 1. The molecular weight excluding hydrogens is 218 g/mol. The molecule has 1 aromatic rings. The van der Waals surface area contributed by atoms with E-state index in [-0.39, 0.29) is 0 Å². The van der Waals surface area contributed by atoms with Crippen molar-refractivity contribution in [2.75, 3.05) is 7.11 Å². The van der Waals surface area contributed by atoms with Gasteiger partial charge in [0, 0.05) is 12.5 Å². The first-order valence-electron chi connectivity index (χ1n) is 5.46. The number of carbonyl (C=O) groups is 1. The molecule has 0 aromatic heterocycles. The molecule has 17 heavy (non-hydrogen) atoms. The van der Waals surface area contributed by atoms with Crippen molar-refractivity contribution in [3.63, 3.8) is 0 Å². The second-order valence-corrected chi connectivity index (χ2v) is 4.67. The van der Waals surface area contributed by atoms with E-state index in [1.54, 1.807) is 7.11 Å². The van der Waals surface area contributed by atoms with Gasteiger partial charge in [-0.15, -0.1) is 0 Å². The third kappa shape index (κ3) is 3.05. The molecule has 1 atom stereocenters. The zero-order valence-corrected chi connectivity index (χ0v) is 10.4. The van der Waals surface area contributed by atoms with Gasteiger partial charge < -0.3 is 15.6 Å². The van der Waals surface area contributed by atoms with Gasteiger partial charge in [0.15, 0.2) is 0 Å². The Morgan fingerprint density at radius 3 is 2.35 bits per heavy atom. The van der Waals surface area contributed by atoms with Crippen LogP contribution < -0.4 is 5.73 Å². The third-order valence-electron chi connectivity index (χ3n) is 3.05. The van der Waals surface area contributed by atoms with E-state index in [2.05, 4.69) is 0 Å². The van der Waals surface area contributed by atoms with Crippen molar-refractivity contribution in [2.45, 2.75) is 31.9 Å². The average molecular weight is 237 g/mol. The summed E-state index contributed by atoms with van der Waals surface area (Å²) in [6.07, 6.45) is 0. The molecular formula is C13H19NO3. The predicted molar refractivity (Wildman–Crippen MR) is 65.8 cm³/mol. The van der Waals surface area contributed by atoms with Crippen molar-refractivity contribution in [1.82, 2.24) is 0 Å². The number of aliphatic carboxylic acids is 1. The van der Waals surface area contributed by atoms with E-state index in [1.165, 1.54) is 0 Å². The summed E-state index contributed by atoms with van der Waals surface area (Å²) in [7, 11) is 1.64. The first-order valence-corrected chi connectivity index (χ1v) is 5.46. The number of carboxylic acids is 1. The molecule has 4 heteroatoms. The molecule has 1 aromatic carbocycles. The maximum Gasteiger partial charge on any atom is 0.321 e. The summed E-state index contributed by atoms with van der Waals surface area (Å²) in [6, 6.07) is 6.73. The number of hydrogen-bond donors (Lipinski definition) is 2. The van der Waals surface area contributed by atoms with Gasteiger partial charge in [0.1, 0.15) is 6.04 Å². The van der Waals surface area contributed by atoms with Crippen LogP contribution in [0.3, 0.4) is 0 Å². The molecule has 0 fully saturated rings. The van der Waals surface area contributed by atoms with Gasteiger partial charge in [-0.3, -0.25) is 4.79 Å². The number of ether oxygens (including phenoxy) is 1. The van der Waals surface area contributed by atoms with Crippen LogP contribution in [-0.2, 0) is 21.6 Å². The van der Waals surface area contributed by atoms with Crippen molar-refractivity contribution in [2.24, 2.45) is 5.73 Å². The zero-order chi connectivity index (χ0) is 13.1. The molecule has 0 aliphatic carbocycles. The normalized spacial score (nSPS) is 13.4. The van der Waals surface area contributed by atoms with Crippen molar-refractivity contribution in [3.05, 3.63) is 35.4 Å². The average Bonchev–Trinajstić information content (AvgIpc) is 2.29. The molecule has 0 amide bonds. The van der Waals surface area contributed by atoms with Crippen LogP contribution in [0.25, 0.3) is 0 Å². The highest BCUT2D eigenvalue weighted by Crippen LogP contribution is 2.26. The maximum atomic E-state index is 10.9. The molecule has 1 unspecified atom stereocenters. The van der Waals surface area contributed by atoms with E-state index in [9.17, 15) is 4.79 Å². The Balaban J connectivity index is 2.95. The molecule has 0 aliphatic heterocycles. The predicted octanol–water partition coefficient (Wildman–Crippen LogP) is 1.52. The third-order valence-corrected chi connectivity index (χ3v) is 3.05. The lowest BCUT2D eigenvalue weighted by Gasteiger charge is -2.29. The molecule has 0 saturated heterocycles. The fourth-order valence-corrected chi connectivity index (χ4v) is 1.69. The van der Waals surface area contributed by atoms with Gasteiger partial charge in [-0.05, 0) is 11.1 Å². The highest BCUT2D eigenvalue weighted by Gasteiger charge is 2.33. The summed E-state index contributed by atoms with van der Waals surface area (Å²) in [5, 5.41) is 8.97. The quantitative estimate of drug-likeness (QED) is 0.814. The van der Waals surface area contributed by atoms with Gasteiger partial charge in [-0.1, -0.05) is 38.1 Å². The second-order valence-electron chi connectivity index (χ2n) is 4.67. The molecule has 0 radical (unpaired) electrons. The van der Waals surface area contributed by atoms with Crippen molar-refractivity contribution in [1.29, 1.82) is 0 Å². The van der Waals surface area contributed by atoms with Crippen LogP contribution in [0.1, 0.15) is 25.0 Å². The van der Waals surface area contributed by atoms with E-state index < -0.39 is 17.4 Å². The summed E-state index contributed by atoms with van der Waals surface area (Å²) in [6.45, 7) is 4.21. The maximum absolute atomic E-state index is 10.9. The van der Waals surface area contributed by atoms with E-state index >= 15 is 0 Å². The second kappa shape index (κ2) is 5.29. The Morgan fingerprint density at radius 2 is 1.94 bits per heavy atom. The van der Waals surface area contributed by atoms with E-state index in [0.29, 0.717) is 6.61 Å². The Kier molecular flexibility index (Phi) is 4.26. The number of methoxy groups -OCH3 is 1. The van der Waals surface area contributed by atoms with Gasteiger partial charge in [-0.25, -0.2) is 0 Å². The summed E-state index contributed by atoms with van der Waals surface area (Å²) in [5.74, 6) is -0.990. The van der Waals surface area contributed by atoms with Gasteiger partial charge >= 0.3 is 5.97 Å². The van der Waals surface area contributed by atoms with Gasteiger partial charge in [-0.2, -0.15) is 0 Å². The minimum Gasteiger partial charge on any atom is -0.480 e. The van der Waals surface area contributed by atoms with Crippen LogP contribution in [0.2, 0.25) is 0 Å². The van der Waals surface area contributed by atoms with E-state index in [4.69, 9.17) is 15.6 Å². The zero-order valence-electron chi connectivity index (χ0n) is 10.4. The van der Waals surface area contributed by atoms with Crippen LogP contribution in [0.5, 0.6) is 0 Å². The number of hydrogen-bond acceptors (Lipinski definition) is 3. The molecule has 4 nitrogen and oxygen atoms in total. The topological polar surface area (TPSA) is 72.5 Å². The van der Waals surface area contributed by atoms with Crippen LogP contribution in [0.15, 0.2) is 24.3 Å². The van der Waals surface area contributed by atoms with Crippen molar-refractivity contribution >= 4 is 5.97 Å². The van der Waals surface area contributed by atoms with Crippen molar-refractivity contribution < 1.29 is 14.6 Å². The molecule has 0 spiro atoms. The first kappa shape index (κ1) is 13.7. The lowest BCUT2D eigenvalue weighted by Crippen LogP contribution is -2.46. The molecule has 0 aliphatic rings. The molecule has 1 rings (SSSR count). The number of benzene rings is 1. The van der Waals surface area contributed by atoms with Crippen LogP contribution in [-0.4, -0.2) is 24.2 Å². The lowest BCUT2D eigenvalue weighted by molar-refractivity contribution is -0.140. The van der Waals surface area contributed by atoms with Gasteiger partial charge in [0.05, 0.1) is 6.61 Å². The number of rotatable bonds is 5. The molecule has 94 valence electrons. The molecule has 0 saturated carbocycles. The summed E-state index contributed by atoms with van der Waals surface area (Å²) in [4.78, 5) is 10.9. The fourth-order valence-electron chi connectivity index (χ4n) is 1.69. The van der Waals surface area contributed by atoms with E-state index in [1.807, 2.05) is 38.1 Å². The summed E-state index contributed by atoms with van der Waals surface area (Å²) >= 11 is 0. The lowest BCUT2D eigenvalue weighted by atomic mass is 9.78. The smallest absolute Gasteiger partial charge is 0.321 e. The molecule has 0 bridgehead atoms. The Labute approximate surface area is 101 Å². The highest BCUT2D eigenvalue weighted by atomic mass is 16.5. The standard InChI is InChI=1S/C13H19NO3/c1-13(2,11(14)12(15)16)10-6-4-9(5-7-10)8-17-3/h4-7,11H,8,14H2,1-3H3,(H,15,16). The Bertz CT molecular complexity index is 384. The molecule has 0 heterocycles. The minimum atomic E-state index is -0.990. The largest absolute Gasteiger partial charge is 0.480 e. The van der Waals surface area contributed by atoms with Crippen molar-refractivity contribution in [3.8, 4) is 0 Å². The van der Waals surface area contributed by atoms with Crippen LogP contribution in [0, 0.1) is 0 Å². The van der Waals surface area contributed by atoms with Gasteiger partial charge in [0.2, 0.25) is 0 Å². The SMILES string of the molecule is COCc1ccc(C(C)(C)C(N)C(=O)O)cc1. The van der Waals surface area contributed by atoms with Crippen LogP contribution in [0.4, 0.5) is 0 Å². The Hall–Kier alpha value is -1.39. The summed E-state index contributed by atoms with van der Waals surface area (Å²) < 4.78 is 5.02. The minimum absolute atomic E-state index is 0.547. The summed E-state index contributed by atoms with van der Waals surface area (Å²) in [5.41, 5.74) is 7.06. The van der Waals surface area contributed by atoms with Gasteiger partial charge in [0.25, 0.3) is 0 Å². The first-order chi connectivity index (χ1) is 7.89. The Morgan fingerprint density at radius 1 is 1.41 bits per heavy atom. The fraction of sp³-hybridized carbons (Fsp3) is 0.462. The monoisotopic (exact) mass is 237 g/mol. The highest BCUT2D eigenvalue weighted by molar-refractivity contribution is 5.75.